The fourth-order valence-corrected chi connectivity index (χ4v) is 3.47. The Bertz CT molecular complexity index is 500. The first-order chi connectivity index (χ1) is 9.53. The topological polar surface area (TPSA) is 41.9 Å². The summed E-state index contributed by atoms with van der Waals surface area (Å²) in [5.41, 5.74) is 2.21. The Morgan fingerprint density at radius 1 is 1.40 bits per heavy atom. The second-order valence-corrected chi connectivity index (χ2v) is 6.34. The normalized spacial score (nSPS) is 29.2. The number of ether oxygens (including phenoxy) is 2. The van der Waals surface area contributed by atoms with Gasteiger partial charge < -0.3 is 14.6 Å². The molecule has 1 aliphatic carbocycles. The van der Waals surface area contributed by atoms with Crippen molar-refractivity contribution in [1.29, 1.82) is 0 Å². The summed E-state index contributed by atoms with van der Waals surface area (Å²) >= 11 is 0. The highest BCUT2D eigenvalue weighted by Crippen LogP contribution is 2.39. The average Bonchev–Trinajstić information content (AvgIpc) is 2.75. The van der Waals surface area contributed by atoms with Gasteiger partial charge in [-0.2, -0.15) is 0 Å². The van der Waals surface area contributed by atoms with E-state index in [1.54, 1.807) is 7.11 Å². The van der Waals surface area contributed by atoms with Crippen molar-refractivity contribution in [3.63, 3.8) is 0 Å². The number of morpholine rings is 1. The maximum Gasteiger partial charge on any atom is 0.119 e. The number of fused-ring (bicyclic) bond motifs is 1. The zero-order valence-electron chi connectivity index (χ0n) is 12.4. The van der Waals surface area contributed by atoms with Crippen LogP contribution >= 0.6 is 0 Å². The van der Waals surface area contributed by atoms with Crippen molar-refractivity contribution in [3.05, 3.63) is 29.3 Å². The molecule has 1 aromatic rings. The summed E-state index contributed by atoms with van der Waals surface area (Å²) in [6, 6.07) is 6.15. The molecule has 2 aliphatic rings. The second-order valence-electron chi connectivity index (χ2n) is 6.34. The number of nitrogens with zero attached hydrogens (tertiary/aromatic N) is 1. The minimum Gasteiger partial charge on any atom is -0.497 e. The Labute approximate surface area is 120 Å². The van der Waals surface area contributed by atoms with Gasteiger partial charge >= 0.3 is 0 Å². The van der Waals surface area contributed by atoms with E-state index in [1.165, 1.54) is 5.56 Å². The zero-order valence-corrected chi connectivity index (χ0v) is 12.4. The van der Waals surface area contributed by atoms with Crippen molar-refractivity contribution in [2.24, 2.45) is 0 Å². The van der Waals surface area contributed by atoms with Gasteiger partial charge in [-0.15, -0.1) is 0 Å². The third kappa shape index (κ3) is 2.22. The molecule has 1 aliphatic heterocycles. The molecule has 0 spiro atoms. The minimum absolute atomic E-state index is 0.0317. The van der Waals surface area contributed by atoms with Gasteiger partial charge in [-0.1, -0.05) is 6.07 Å². The van der Waals surface area contributed by atoms with E-state index in [2.05, 4.69) is 24.8 Å². The summed E-state index contributed by atoms with van der Waals surface area (Å²) < 4.78 is 10.8. The lowest BCUT2D eigenvalue weighted by Gasteiger charge is -2.46. The summed E-state index contributed by atoms with van der Waals surface area (Å²) in [6.07, 6.45) is 0.446. The monoisotopic (exact) mass is 277 g/mol. The van der Waals surface area contributed by atoms with Crippen molar-refractivity contribution < 1.29 is 14.6 Å². The van der Waals surface area contributed by atoms with Gasteiger partial charge in [0.1, 0.15) is 5.75 Å². The Morgan fingerprint density at radius 2 is 2.20 bits per heavy atom. The molecule has 2 atom stereocenters. The van der Waals surface area contributed by atoms with Crippen molar-refractivity contribution >= 4 is 0 Å². The molecule has 0 bridgehead atoms. The summed E-state index contributed by atoms with van der Waals surface area (Å²) in [7, 11) is 1.66. The number of methoxy groups -OCH3 is 1. The molecule has 0 saturated carbocycles. The van der Waals surface area contributed by atoms with Gasteiger partial charge in [0.15, 0.2) is 0 Å². The molecule has 0 amide bonds. The second kappa shape index (κ2) is 5.02. The van der Waals surface area contributed by atoms with Crippen LogP contribution in [0.2, 0.25) is 0 Å². The number of benzene rings is 1. The van der Waals surface area contributed by atoms with Gasteiger partial charge in [-0.3, -0.25) is 4.90 Å². The molecule has 1 aromatic carbocycles. The maximum absolute atomic E-state index is 10.7. The van der Waals surface area contributed by atoms with E-state index < -0.39 is 6.10 Å². The van der Waals surface area contributed by atoms with E-state index in [4.69, 9.17) is 9.47 Å². The van der Waals surface area contributed by atoms with Crippen molar-refractivity contribution in [2.75, 3.05) is 26.9 Å². The molecular weight excluding hydrogens is 254 g/mol. The van der Waals surface area contributed by atoms with Crippen molar-refractivity contribution in [3.8, 4) is 5.75 Å². The Balaban J connectivity index is 1.87. The SMILES string of the molecule is COc1ccc2c(c1)C(O)C(N1CCOCC1(C)C)C2. The molecule has 1 saturated heterocycles. The standard InChI is InChI=1S/C16H23NO3/c1-16(2)10-20-7-6-17(16)14-8-11-4-5-12(19-3)9-13(11)15(14)18/h4-5,9,14-15,18H,6-8,10H2,1-3H3. The van der Waals surface area contributed by atoms with Crippen LogP contribution in [0.1, 0.15) is 31.1 Å². The van der Waals surface area contributed by atoms with Crippen LogP contribution in [0.4, 0.5) is 0 Å². The van der Waals surface area contributed by atoms with E-state index in [0.717, 1.165) is 37.5 Å². The fraction of sp³-hybridized carbons (Fsp3) is 0.625. The largest absolute Gasteiger partial charge is 0.497 e. The summed E-state index contributed by atoms with van der Waals surface area (Å²) in [5, 5.41) is 10.7. The molecule has 2 unspecified atom stereocenters. The van der Waals surface area contributed by atoms with E-state index in [0.29, 0.717) is 0 Å². The first-order valence-electron chi connectivity index (χ1n) is 7.22. The first kappa shape index (κ1) is 13.9. The molecule has 1 heterocycles. The first-order valence-corrected chi connectivity index (χ1v) is 7.22. The van der Waals surface area contributed by atoms with Gasteiger partial charge in [0, 0.05) is 18.1 Å². The van der Waals surface area contributed by atoms with Gasteiger partial charge in [0.2, 0.25) is 0 Å². The van der Waals surface area contributed by atoms with Crippen LogP contribution in [-0.4, -0.2) is 48.5 Å². The summed E-state index contributed by atoms with van der Waals surface area (Å²) in [5.74, 6) is 0.810. The molecular formula is C16H23NO3. The van der Waals surface area contributed by atoms with Crippen LogP contribution in [0.3, 0.4) is 0 Å². The molecule has 110 valence electrons. The summed E-state index contributed by atoms with van der Waals surface area (Å²) in [4.78, 5) is 2.40. The molecule has 4 nitrogen and oxygen atoms in total. The lowest BCUT2D eigenvalue weighted by molar-refractivity contribution is -0.0929. The van der Waals surface area contributed by atoms with Crippen LogP contribution in [0.15, 0.2) is 18.2 Å². The van der Waals surface area contributed by atoms with E-state index in [9.17, 15) is 5.11 Å². The van der Waals surface area contributed by atoms with Crippen LogP contribution in [-0.2, 0) is 11.2 Å². The predicted octanol–water partition coefficient (Wildman–Crippen LogP) is 1.76. The van der Waals surface area contributed by atoms with Crippen molar-refractivity contribution in [2.45, 2.75) is 38.0 Å². The molecule has 0 aromatic heterocycles. The third-order valence-corrected chi connectivity index (χ3v) is 4.57. The number of hydrogen-bond donors (Lipinski definition) is 1. The van der Waals surface area contributed by atoms with Gasteiger partial charge in [-0.25, -0.2) is 0 Å². The fourth-order valence-electron chi connectivity index (χ4n) is 3.47. The quantitative estimate of drug-likeness (QED) is 0.894. The molecule has 1 fully saturated rings. The van der Waals surface area contributed by atoms with E-state index >= 15 is 0 Å². The highest BCUT2D eigenvalue weighted by Gasteiger charge is 2.42. The minimum atomic E-state index is -0.447. The van der Waals surface area contributed by atoms with Crippen LogP contribution in [0.5, 0.6) is 5.75 Å². The van der Waals surface area contributed by atoms with E-state index in [-0.39, 0.29) is 11.6 Å². The Hall–Kier alpha value is -1.10. The lowest BCUT2D eigenvalue weighted by Crippen LogP contribution is -2.58. The van der Waals surface area contributed by atoms with Gasteiger partial charge in [-0.05, 0) is 43.5 Å². The van der Waals surface area contributed by atoms with Gasteiger partial charge in [0.05, 0.1) is 26.4 Å². The molecule has 3 rings (SSSR count). The summed E-state index contributed by atoms with van der Waals surface area (Å²) in [6.45, 7) is 6.70. The number of hydrogen-bond acceptors (Lipinski definition) is 4. The van der Waals surface area contributed by atoms with Crippen LogP contribution in [0.25, 0.3) is 0 Å². The molecule has 0 radical (unpaired) electrons. The van der Waals surface area contributed by atoms with Crippen molar-refractivity contribution in [1.82, 2.24) is 4.90 Å². The van der Waals surface area contributed by atoms with Crippen LogP contribution in [0, 0.1) is 0 Å². The molecule has 1 N–H and O–H groups in total. The number of rotatable bonds is 2. The molecule has 4 heteroatoms. The number of aliphatic hydroxyl groups is 1. The molecule has 20 heavy (non-hydrogen) atoms. The third-order valence-electron chi connectivity index (χ3n) is 4.57. The average molecular weight is 277 g/mol. The van der Waals surface area contributed by atoms with Crippen LogP contribution < -0.4 is 4.74 Å². The lowest BCUT2D eigenvalue weighted by atomic mass is 9.97. The zero-order chi connectivity index (χ0) is 14.3. The highest BCUT2D eigenvalue weighted by molar-refractivity contribution is 5.42. The Morgan fingerprint density at radius 3 is 2.90 bits per heavy atom. The van der Waals surface area contributed by atoms with E-state index in [1.807, 2.05) is 12.1 Å². The Kier molecular flexibility index (Phi) is 3.48. The number of aliphatic hydroxyl groups excluding tert-OH is 1. The predicted molar refractivity (Wildman–Crippen MR) is 77.0 cm³/mol. The smallest absolute Gasteiger partial charge is 0.119 e. The highest BCUT2D eigenvalue weighted by atomic mass is 16.5. The maximum atomic E-state index is 10.7. The van der Waals surface area contributed by atoms with Gasteiger partial charge in [0.25, 0.3) is 0 Å².